The first-order valence-corrected chi connectivity index (χ1v) is 9.22. The van der Waals surface area contributed by atoms with E-state index in [0.717, 1.165) is 37.2 Å². The molecule has 4 rings (SSSR count). The molecule has 0 unspecified atom stereocenters. The van der Waals surface area contributed by atoms with Crippen LogP contribution in [0.5, 0.6) is 11.5 Å². The topological polar surface area (TPSA) is 77.7 Å². The van der Waals surface area contributed by atoms with Crippen LogP contribution >= 0.6 is 0 Å². The molecule has 7 nitrogen and oxygen atoms in total. The van der Waals surface area contributed by atoms with E-state index in [-0.39, 0.29) is 12.5 Å². The number of hydrogen-bond donors (Lipinski definition) is 0. The van der Waals surface area contributed by atoms with Gasteiger partial charge in [0.25, 0.3) is 11.8 Å². The number of likely N-dealkylation sites (tertiary alicyclic amines) is 1. The third-order valence-corrected chi connectivity index (χ3v) is 4.66. The van der Waals surface area contributed by atoms with E-state index in [1.807, 2.05) is 29.2 Å². The van der Waals surface area contributed by atoms with Gasteiger partial charge in [-0.3, -0.25) is 4.79 Å². The van der Waals surface area contributed by atoms with Crippen molar-refractivity contribution in [1.82, 2.24) is 15.1 Å². The van der Waals surface area contributed by atoms with Gasteiger partial charge in [0.2, 0.25) is 5.89 Å². The highest BCUT2D eigenvalue weighted by Gasteiger charge is 2.19. The Morgan fingerprint density at radius 1 is 1.00 bits per heavy atom. The lowest BCUT2D eigenvalue weighted by Gasteiger charge is -2.15. The monoisotopic (exact) mass is 379 g/mol. The second-order valence-electron chi connectivity index (χ2n) is 6.54. The molecule has 3 aromatic rings. The number of nitrogens with zero attached hydrogens (tertiary/aromatic N) is 3. The molecule has 1 aliphatic rings. The molecule has 0 spiro atoms. The highest BCUT2D eigenvalue weighted by Crippen LogP contribution is 2.22. The fourth-order valence-electron chi connectivity index (χ4n) is 3.10. The molecule has 0 aliphatic carbocycles. The lowest BCUT2D eigenvalue weighted by Crippen LogP contribution is -2.27. The number of rotatable bonds is 6. The molecule has 144 valence electrons. The summed E-state index contributed by atoms with van der Waals surface area (Å²) in [6.45, 7) is 1.83. The SMILES string of the molecule is COc1ccc(-c2nnc(COc3ccc(C(=O)N4CCCC4)cc3)o2)cc1. The number of benzene rings is 2. The average molecular weight is 379 g/mol. The van der Waals surface area contributed by atoms with Gasteiger partial charge >= 0.3 is 0 Å². The largest absolute Gasteiger partial charge is 0.497 e. The zero-order valence-electron chi connectivity index (χ0n) is 15.6. The number of carbonyl (C=O) groups is 1. The van der Waals surface area contributed by atoms with Crippen LogP contribution in [-0.4, -0.2) is 41.2 Å². The van der Waals surface area contributed by atoms with E-state index in [4.69, 9.17) is 13.9 Å². The fourth-order valence-corrected chi connectivity index (χ4v) is 3.10. The van der Waals surface area contributed by atoms with Crippen LogP contribution in [0.25, 0.3) is 11.5 Å². The standard InChI is InChI=1S/C21H21N3O4/c1-26-17-8-4-15(5-9-17)20-23-22-19(28-20)14-27-18-10-6-16(7-11-18)21(25)24-12-2-3-13-24/h4-11H,2-3,12-14H2,1H3. The zero-order valence-corrected chi connectivity index (χ0v) is 15.6. The maximum absolute atomic E-state index is 12.4. The van der Waals surface area contributed by atoms with Gasteiger partial charge in [-0.15, -0.1) is 10.2 Å². The van der Waals surface area contributed by atoms with Crippen LogP contribution in [-0.2, 0) is 6.61 Å². The third-order valence-electron chi connectivity index (χ3n) is 4.66. The van der Waals surface area contributed by atoms with Gasteiger partial charge in [0.05, 0.1) is 7.11 Å². The van der Waals surface area contributed by atoms with E-state index < -0.39 is 0 Å². The van der Waals surface area contributed by atoms with E-state index in [1.54, 1.807) is 31.4 Å². The van der Waals surface area contributed by atoms with E-state index in [9.17, 15) is 4.79 Å². The minimum atomic E-state index is 0.0742. The summed E-state index contributed by atoms with van der Waals surface area (Å²) in [6, 6.07) is 14.5. The highest BCUT2D eigenvalue weighted by molar-refractivity contribution is 5.94. The summed E-state index contributed by atoms with van der Waals surface area (Å²) in [5.41, 5.74) is 1.48. The van der Waals surface area contributed by atoms with Crippen molar-refractivity contribution in [1.29, 1.82) is 0 Å². The molecule has 0 saturated carbocycles. The molecule has 1 aromatic heterocycles. The molecule has 0 N–H and O–H groups in total. The van der Waals surface area contributed by atoms with Crippen LogP contribution < -0.4 is 9.47 Å². The van der Waals surface area contributed by atoms with Crippen molar-refractivity contribution in [3.05, 3.63) is 60.0 Å². The Balaban J connectivity index is 1.35. The molecule has 0 radical (unpaired) electrons. The summed E-state index contributed by atoms with van der Waals surface area (Å²) in [4.78, 5) is 14.2. The number of hydrogen-bond acceptors (Lipinski definition) is 6. The summed E-state index contributed by atoms with van der Waals surface area (Å²) >= 11 is 0. The number of carbonyl (C=O) groups excluding carboxylic acids is 1. The van der Waals surface area contributed by atoms with Crippen molar-refractivity contribution in [2.45, 2.75) is 19.4 Å². The average Bonchev–Trinajstić information content (AvgIpc) is 3.44. The van der Waals surface area contributed by atoms with Crippen LogP contribution in [0.4, 0.5) is 0 Å². The van der Waals surface area contributed by atoms with E-state index in [0.29, 0.717) is 23.1 Å². The van der Waals surface area contributed by atoms with Gasteiger partial charge in [-0.2, -0.15) is 0 Å². The van der Waals surface area contributed by atoms with E-state index >= 15 is 0 Å². The molecule has 0 bridgehead atoms. The highest BCUT2D eigenvalue weighted by atomic mass is 16.5. The molecular formula is C21H21N3O4. The van der Waals surface area contributed by atoms with Gasteiger partial charge in [-0.25, -0.2) is 0 Å². The van der Waals surface area contributed by atoms with Crippen LogP contribution in [0.1, 0.15) is 29.1 Å². The molecular weight excluding hydrogens is 358 g/mol. The molecule has 2 heterocycles. The van der Waals surface area contributed by atoms with Crippen molar-refractivity contribution in [2.75, 3.05) is 20.2 Å². The molecule has 28 heavy (non-hydrogen) atoms. The minimum absolute atomic E-state index is 0.0742. The maximum atomic E-state index is 12.4. The Kier molecular flexibility index (Phi) is 5.23. The van der Waals surface area contributed by atoms with Gasteiger partial charge in [0, 0.05) is 24.2 Å². The minimum Gasteiger partial charge on any atom is -0.497 e. The molecule has 7 heteroatoms. The van der Waals surface area contributed by atoms with Gasteiger partial charge in [0.1, 0.15) is 11.5 Å². The van der Waals surface area contributed by atoms with Gasteiger partial charge < -0.3 is 18.8 Å². The Morgan fingerprint density at radius 2 is 1.68 bits per heavy atom. The van der Waals surface area contributed by atoms with Crippen molar-refractivity contribution in [2.24, 2.45) is 0 Å². The summed E-state index contributed by atoms with van der Waals surface area (Å²) in [5.74, 6) is 2.28. The second kappa shape index (κ2) is 8.12. The summed E-state index contributed by atoms with van der Waals surface area (Å²) in [7, 11) is 1.62. The lowest BCUT2D eigenvalue weighted by molar-refractivity contribution is 0.0792. The first-order valence-electron chi connectivity index (χ1n) is 9.22. The van der Waals surface area contributed by atoms with Gasteiger partial charge in [-0.05, 0) is 61.4 Å². The lowest BCUT2D eigenvalue weighted by atomic mass is 10.2. The van der Waals surface area contributed by atoms with E-state index in [2.05, 4.69) is 10.2 Å². The van der Waals surface area contributed by atoms with Gasteiger partial charge in [0.15, 0.2) is 6.61 Å². The summed E-state index contributed by atoms with van der Waals surface area (Å²) in [6.07, 6.45) is 2.16. The first-order chi connectivity index (χ1) is 13.7. The van der Waals surface area contributed by atoms with Crippen molar-refractivity contribution in [3.8, 4) is 23.0 Å². The summed E-state index contributed by atoms with van der Waals surface area (Å²) < 4.78 is 16.5. The molecule has 1 fully saturated rings. The number of amides is 1. The maximum Gasteiger partial charge on any atom is 0.254 e. The van der Waals surface area contributed by atoms with Crippen LogP contribution in [0.15, 0.2) is 52.9 Å². The number of aromatic nitrogens is 2. The predicted molar refractivity (Wildman–Crippen MR) is 102 cm³/mol. The van der Waals surface area contributed by atoms with Gasteiger partial charge in [-0.1, -0.05) is 0 Å². The number of ether oxygens (including phenoxy) is 2. The van der Waals surface area contributed by atoms with E-state index in [1.165, 1.54) is 0 Å². The Hall–Kier alpha value is -3.35. The molecule has 1 aliphatic heterocycles. The Labute approximate surface area is 162 Å². The van der Waals surface area contributed by atoms with Crippen molar-refractivity contribution < 1.29 is 18.7 Å². The smallest absolute Gasteiger partial charge is 0.254 e. The van der Waals surface area contributed by atoms with Crippen molar-refractivity contribution >= 4 is 5.91 Å². The quantitative estimate of drug-likeness (QED) is 0.652. The zero-order chi connectivity index (χ0) is 19.3. The van der Waals surface area contributed by atoms with Crippen molar-refractivity contribution in [3.63, 3.8) is 0 Å². The first kappa shape index (κ1) is 18.0. The molecule has 2 aromatic carbocycles. The third kappa shape index (κ3) is 3.98. The second-order valence-corrected chi connectivity index (χ2v) is 6.54. The Bertz CT molecular complexity index is 929. The number of methoxy groups -OCH3 is 1. The predicted octanol–water partition coefficient (Wildman–Crippen LogP) is 3.56. The normalized spacial score (nSPS) is 13.5. The molecule has 0 atom stereocenters. The van der Waals surface area contributed by atoms with Crippen LogP contribution in [0.3, 0.4) is 0 Å². The van der Waals surface area contributed by atoms with Crippen LogP contribution in [0.2, 0.25) is 0 Å². The van der Waals surface area contributed by atoms with Crippen LogP contribution in [0, 0.1) is 0 Å². The Morgan fingerprint density at radius 3 is 2.36 bits per heavy atom. The molecule has 1 saturated heterocycles. The fraction of sp³-hybridized carbons (Fsp3) is 0.286. The summed E-state index contributed by atoms with van der Waals surface area (Å²) in [5, 5.41) is 8.06. The molecule has 1 amide bonds.